The van der Waals surface area contributed by atoms with Crippen molar-refractivity contribution >= 4 is 347 Å². The predicted molar refractivity (Wildman–Crippen MR) is 181 cm³/mol. The summed E-state index contributed by atoms with van der Waals surface area (Å²) in [5, 5.41) is 0. The van der Waals surface area contributed by atoms with Gasteiger partial charge < -0.3 is 0 Å². The van der Waals surface area contributed by atoms with Crippen molar-refractivity contribution in [2.24, 2.45) is 0 Å². The Morgan fingerprint density at radius 1 is 0.0968 bits per heavy atom. The van der Waals surface area contributed by atoms with Gasteiger partial charge in [0, 0.05) is 218 Å². The minimum absolute atomic E-state index is 0. The van der Waals surface area contributed by atoms with Crippen LogP contribution in [-0.2, 0) is 131 Å². The van der Waals surface area contributed by atoms with E-state index in [4.69, 9.17) is 0 Å². The standard InChI is InChI=1S/5Al.21ClH.5Zr/h;;;;;21*1H;;;;;. The molecule has 0 heterocycles. The van der Waals surface area contributed by atoms with Crippen molar-refractivity contribution in [3.63, 3.8) is 0 Å². The third kappa shape index (κ3) is 422. The van der Waals surface area contributed by atoms with Crippen LogP contribution in [0.4, 0.5) is 0 Å². The van der Waals surface area contributed by atoms with Gasteiger partial charge in [-0.2, -0.15) is 0 Å². The van der Waals surface area contributed by atoms with Gasteiger partial charge in [-0.25, -0.2) is 0 Å². The minimum Gasteiger partial charge on any atom is -0.147 e. The summed E-state index contributed by atoms with van der Waals surface area (Å²) in [7, 11) is 0. The van der Waals surface area contributed by atoms with Gasteiger partial charge in [0.1, 0.15) is 0 Å². The molecule has 0 unspecified atom stereocenters. The zero-order valence-corrected chi connectivity index (χ0v) is 49.2. The van der Waals surface area contributed by atoms with Crippen LogP contribution in [0, 0.1) is 0 Å². The summed E-state index contributed by atoms with van der Waals surface area (Å²) in [6, 6.07) is 0. The Morgan fingerprint density at radius 2 is 0.0968 bits per heavy atom. The maximum absolute atomic E-state index is 0. The quantitative estimate of drug-likeness (QED) is 0.231. The molecule has 0 amide bonds. The number of rotatable bonds is 0. The average Bonchev–Trinajstić information content (AvgIpc) is 0. The second kappa shape index (κ2) is 443. The molecule has 0 nitrogen and oxygen atoms in total. The summed E-state index contributed by atoms with van der Waals surface area (Å²) in [5.74, 6) is 0. The van der Waals surface area contributed by atoms with Crippen LogP contribution in [0.1, 0.15) is 0 Å². The van der Waals surface area contributed by atoms with Crippen molar-refractivity contribution in [2.45, 2.75) is 0 Å². The van der Waals surface area contributed by atoms with Gasteiger partial charge in [-0.3, -0.25) is 0 Å². The predicted octanol–water partition coefficient (Wildman–Crippen LogP) is 6.94. The fourth-order valence-electron chi connectivity index (χ4n) is 0. The van der Waals surface area contributed by atoms with E-state index in [0.717, 1.165) is 0 Å². The van der Waals surface area contributed by atoms with Crippen LogP contribution in [0.25, 0.3) is 0 Å². The molecule has 0 aromatic rings. The van der Waals surface area contributed by atoms with Crippen LogP contribution in [0.5, 0.6) is 0 Å². The second-order valence-electron chi connectivity index (χ2n) is 0. The van der Waals surface area contributed by atoms with Crippen molar-refractivity contribution in [1.29, 1.82) is 0 Å². The molecule has 0 spiro atoms. The zero-order chi connectivity index (χ0) is 0. The Kier molecular flexibility index (Phi) is 6780. The van der Waals surface area contributed by atoms with E-state index in [-0.39, 0.29) is 478 Å². The van der Waals surface area contributed by atoms with E-state index >= 15 is 0 Å². The first-order chi connectivity index (χ1) is 0. The third-order valence-electron chi connectivity index (χ3n) is 0. The van der Waals surface area contributed by atoms with E-state index in [0.29, 0.717) is 0 Å². The molecule has 0 N–H and O–H groups in total. The van der Waals surface area contributed by atoms with Gasteiger partial charge in [0.2, 0.25) is 0 Å². The Morgan fingerprint density at radius 3 is 0.0968 bits per heavy atom. The first kappa shape index (κ1) is 475. The SMILES string of the molecule is Cl.Cl.Cl.Cl.Cl.Cl.Cl.Cl.Cl.Cl.Cl.Cl.Cl.Cl.Cl.Cl.Cl.Cl.Cl.Cl.Cl.[Al].[Al].[Al].[Al].[Al].[Zr].[Zr].[Zr].[Zr].[Zr]. The monoisotopic (exact) mass is 1340 g/mol. The van der Waals surface area contributed by atoms with E-state index in [1.54, 1.807) is 0 Å². The van der Waals surface area contributed by atoms with E-state index in [9.17, 15) is 0 Å². The van der Waals surface area contributed by atoms with Gasteiger partial charge >= 0.3 is 0 Å². The molecule has 203 valence electrons. The van der Waals surface area contributed by atoms with E-state index in [1.807, 2.05) is 0 Å². The molecule has 0 saturated carbocycles. The van der Waals surface area contributed by atoms with E-state index in [2.05, 4.69) is 0 Å². The molecule has 0 saturated heterocycles. The normalized spacial score (nSPS) is 0. The fraction of sp³-hybridized carbons (Fsp3) is 0. The molecule has 31 heavy (non-hydrogen) atoms. The van der Waals surface area contributed by atoms with E-state index < -0.39 is 0 Å². The Labute approximate surface area is 467 Å². The topological polar surface area (TPSA) is 0 Å². The number of halogens is 21. The molecule has 0 fully saturated rings. The third-order valence-corrected chi connectivity index (χ3v) is 0. The number of hydrogen-bond acceptors (Lipinski definition) is 0. The molecular formula is H21Al5Cl21Zr5. The van der Waals surface area contributed by atoms with Crippen LogP contribution < -0.4 is 0 Å². The fourth-order valence-corrected chi connectivity index (χ4v) is 0. The maximum Gasteiger partial charge on any atom is 0 e. The molecule has 0 aliphatic heterocycles. The molecule has 0 aromatic heterocycles. The maximum atomic E-state index is 0. The van der Waals surface area contributed by atoms with Gasteiger partial charge in [-0.1, -0.05) is 0 Å². The minimum atomic E-state index is 0. The van der Waals surface area contributed by atoms with Gasteiger partial charge in [0.05, 0.1) is 0 Å². The summed E-state index contributed by atoms with van der Waals surface area (Å²) in [5.41, 5.74) is 0. The molecule has 0 atom stereocenters. The van der Waals surface area contributed by atoms with Gasteiger partial charge in [0.15, 0.2) is 0 Å². The molecular weight excluding hydrogens is 1340 g/mol. The van der Waals surface area contributed by atoms with E-state index in [1.165, 1.54) is 0 Å². The van der Waals surface area contributed by atoms with Crippen LogP contribution >= 0.6 is 261 Å². The van der Waals surface area contributed by atoms with Crippen molar-refractivity contribution in [3.8, 4) is 0 Å². The summed E-state index contributed by atoms with van der Waals surface area (Å²) in [4.78, 5) is 0. The van der Waals surface area contributed by atoms with Crippen molar-refractivity contribution in [3.05, 3.63) is 0 Å². The average molecular weight is 1360 g/mol. The van der Waals surface area contributed by atoms with Crippen molar-refractivity contribution < 1.29 is 131 Å². The van der Waals surface area contributed by atoms with Crippen LogP contribution in [0.2, 0.25) is 0 Å². The smallest absolute Gasteiger partial charge is 0 e. The summed E-state index contributed by atoms with van der Waals surface area (Å²) in [6.45, 7) is 0. The summed E-state index contributed by atoms with van der Waals surface area (Å²) < 4.78 is 0. The Balaban J connectivity index is 0. The second-order valence-corrected chi connectivity index (χ2v) is 0. The van der Waals surface area contributed by atoms with Gasteiger partial charge in [-0.15, -0.1) is 261 Å². The van der Waals surface area contributed by atoms with Crippen molar-refractivity contribution in [2.75, 3.05) is 0 Å². The zero-order valence-electron chi connectivity index (χ0n) is 14.0. The largest absolute Gasteiger partial charge is 0.147 e. The van der Waals surface area contributed by atoms with Gasteiger partial charge in [-0.05, 0) is 0 Å². The first-order valence-corrected chi connectivity index (χ1v) is 0. The molecule has 15 radical (unpaired) electrons. The van der Waals surface area contributed by atoms with Crippen molar-refractivity contribution in [1.82, 2.24) is 0 Å². The molecule has 0 aromatic carbocycles. The van der Waals surface area contributed by atoms with Crippen LogP contribution in [-0.4, -0.2) is 86.8 Å². The molecule has 0 rings (SSSR count). The molecule has 0 aliphatic carbocycles. The molecule has 0 aliphatic rings. The molecule has 0 bridgehead atoms. The summed E-state index contributed by atoms with van der Waals surface area (Å²) in [6.07, 6.45) is 0. The summed E-state index contributed by atoms with van der Waals surface area (Å²) >= 11 is 0. The number of hydrogen-bond donors (Lipinski definition) is 0. The molecule has 31 heteroatoms. The van der Waals surface area contributed by atoms with Crippen LogP contribution in [0.3, 0.4) is 0 Å². The van der Waals surface area contributed by atoms with Gasteiger partial charge in [0.25, 0.3) is 0 Å². The van der Waals surface area contributed by atoms with Crippen LogP contribution in [0.15, 0.2) is 0 Å². The Bertz CT molecular complexity index is 38.1. The first-order valence-electron chi connectivity index (χ1n) is 0. The Hall–Kier alpha value is 13.2.